The standard InChI is InChI=1S/C8H10ClN3O2/c9-7-6(8(13)14)10-11-12(7)5-3-1-2-4-5/h5H,1-4H2,(H,13,14). The van der Waals surface area contributed by atoms with Gasteiger partial charge in [0.15, 0.2) is 5.15 Å². The summed E-state index contributed by atoms with van der Waals surface area (Å²) >= 11 is 5.86. The Hall–Kier alpha value is -1.10. The Bertz CT molecular complexity index is 357. The van der Waals surface area contributed by atoms with Gasteiger partial charge in [0.25, 0.3) is 0 Å². The monoisotopic (exact) mass is 215 g/mol. The molecule has 0 unspecified atom stereocenters. The number of hydrogen-bond acceptors (Lipinski definition) is 3. The van der Waals surface area contributed by atoms with Crippen LogP contribution >= 0.6 is 11.6 Å². The van der Waals surface area contributed by atoms with Gasteiger partial charge in [-0.25, -0.2) is 9.48 Å². The Morgan fingerprint density at radius 2 is 2.14 bits per heavy atom. The van der Waals surface area contributed by atoms with E-state index < -0.39 is 5.97 Å². The maximum absolute atomic E-state index is 10.6. The van der Waals surface area contributed by atoms with Crippen LogP contribution in [-0.2, 0) is 0 Å². The summed E-state index contributed by atoms with van der Waals surface area (Å²) in [5, 5.41) is 16.2. The van der Waals surface area contributed by atoms with Crippen molar-refractivity contribution in [1.82, 2.24) is 15.0 Å². The van der Waals surface area contributed by atoms with Gasteiger partial charge in [-0.1, -0.05) is 29.7 Å². The number of rotatable bonds is 2. The first-order chi connectivity index (χ1) is 6.70. The second kappa shape index (κ2) is 3.57. The summed E-state index contributed by atoms with van der Waals surface area (Å²) in [6.45, 7) is 0. The lowest BCUT2D eigenvalue weighted by molar-refractivity contribution is 0.0690. The highest BCUT2D eigenvalue weighted by molar-refractivity contribution is 6.32. The van der Waals surface area contributed by atoms with Crippen LogP contribution < -0.4 is 0 Å². The molecule has 1 aliphatic rings. The number of carboxylic acids is 1. The molecule has 6 heteroatoms. The van der Waals surface area contributed by atoms with Crippen molar-refractivity contribution in [3.8, 4) is 0 Å². The second-order valence-corrected chi connectivity index (χ2v) is 3.77. The van der Waals surface area contributed by atoms with Gasteiger partial charge in [-0.05, 0) is 12.8 Å². The van der Waals surface area contributed by atoms with E-state index in [1.807, 2.05) is 0 Å². The Balaban J connectivity index is 2.30. The SMILES string of the molecule is O=C(O)c1nnn(C2CCCC2)c1Cl. The van der Waals surface area contributed by atoms with Gasteiger partial charge in [0.2, 0.25) is 5.69 Å². The van der Waals surface area contributed by atoms with Gasteiger partial charge in [-0.2, -0.15) is 0 Å². The average molecular weight is 216 g/mol. The minimum atomic E-state index is -1.13. The fourth-order valence-corrected chi connectivity index (χ4v) is 2.09. The molecule has 0 amide bonds. The lowest BCUT2D eigenvalue weighted by atomic mass is 10.2. The number of hydrogen-bond donors (Lipinski definition) is 1. The molecule has 0 bridgehead atoms. The quantitative estimate of drug-likeness (QED) is 0.816. The van der Waals surface area contributed by atoms with Crippen LogP contribution in [0.5, 0.6) is 0 Å². The molecule has 0 aromatic carbocycles. The predicted octanol–water partition coefficient (Wildman–Crippen LogP) is 1.74. The third-order valence-electron chi connectivity index (χ3n) is 2.51. The smallest absolute Gasteiger partial charge is 0.359 e. The average Bonchev–Trinajstić information content (AvgIpc) is 2.71. The minimum absolute atomic E-state index is 0.143. The third kappa shape index (κ3) is 1.48. The number of aromatic nitrogens is 3. The van der Waals surface area contributed by atoms with Crippen molar-refractivity contribution in [3.63, 3.8) is 0 Å². The summed E-state index contributed by atoms with van der Waals surface area (Å²) in [5.74, 6) is -1.13. The summed E-state index contributed by atoms with van der Waals surface area (Å²) in [4.78, 5) is 10.6. The molecule has 1 aromatic heterocycles. The van der Waals surface area contributed by atoms with Gasteiger partial charge in [0.1, 0.15) is 0 Å². The van der Waals surface area contributed by atoms with Crippen molar-refractivity contribution in [1.29, 1.82) is 0 Å². The summed E-state index contributed by atoms with van der Waals surface area (Å²) in [6.07, 6.45) is 4.29. The van der Waals surface area contributed by atoms with Gasteiger partial charge < -0.3 is 5.11 Å². The molecule has 1 saturated carbocycles. The molecular formula is C8H10ClN3O2. The summed E-state index contributed by atoms with van der Waals surface area (Å²) in [5.41, 5.74) is -0.154. The molecule has 0 atom stereocenters. The van der Waals surface area contributed by atoms with E-state index in [1.54, 1.807) is 0 Å². The maximum atomic E-state index is 10.6. The number of nitrogens with zero attached hydrogens (tertiary/aromatic N) is 3. The van der Waals surface area contributed by atoms with Gasteiger partial charge in [0.05, 0.1) is 6.04 Å². The van der Waals surface area contributed by atoms with E-state index in [9.17, 15) is 4.79 Å². The molecule has 0 spiro atoms. The Labute approximate surface area is 85.7 Å². The van der Waals surface area contributed by atoms with E-state index in [0.717, 1.165) is 25.7 Å². The number of aromatic carboxylic acids is 1. The van der Waals surface area contributed by atoms with Gasteiger partial charge in [-0.3, -0.25) is 0 Å². The van der Waals surface area contributed by atoms with Crippen LogP contribution in [0.3, 0.4) is 0 Å². The molecule has 0 radical (unpaired) electrons. The molecule has 0 aliphatic heterocycles. The Morgan fingerprint density at radius 3 is 2.64 bits per heavy atom. The van der Waals surface area contributed by atoms with E-state index in [0.29, 0.717) is 0 Å². The third-order valence-corrected chi connectivity index (χ3v) is 2.86. The van der Waals surface area contributed by atoms with Gasteiger partial charge in [0, 0.05) is 0 Å². The van der Waals surface area contributed by atoms with Crippen molar-refractivity contribution in [2.24, 2.45) is 0 Å². The van der Waals surface area contributed by atoms with Crippen LogP contribution in [0.1, 0.15) is 42.2 Å². The highest BCUT2D eigenvalue weighted by atomic mass is 35.5. The first kappa shape index (κ1) is 9.45. The lowest BCUT2D eigenvalue weighted by Gasteiger charge is -2.08. The largest absolute Gasteiger partial charge is 0.476 e. The highest BCUT2D eigenvalue weighted by Gasteiger charge is 2.24. The molecule has 2 rings (SSSR count). The molecule has 1 aliphatic carbocycles. The van der Waals surface area contributed by atoms with Crippen LogP contribution in [-0.4, -0.2) is 26.1 Å². The fraction of sp³-hybridized carbons (Fsp3) is 0.625. The van der Waals surface area contributed by atoms with Crippen LogP contribution in [0.25, 0.3) is 0 Å². The van der Waals surface area contributed by atoms with Crippen molar-refractivity contribution in [2.75, 3.05) is 0 Å². The second-order valence-electron chi connectivity index (χ2n) is 3.42. The highest BCUT2D eigenvalue weighted by Crippen LogP contribution is 2.31. The minimum Gasteiger partial charge on any atom is -0.476 e. The molecule has 1 N–H and O–H groups in total. The van der Waals surface area contributed by atoms with Gasteiger partial charge >= 0.3 is 5.97 Å². The van der Waals surface area contributed by atoms with Crippen LogP contribution in [0.15, 0.2) is 0 Å². The Morgan fingerprint density at radius 1 is 1.50 bits per heavy atom. The van der Waals surface area contributed by atoms with Crippen molar-refractivity contribution >= 4 is 17.6 Å². The van der Waals surface area contributed by atoms with Crippen molar-refractivity contribution < 1.29 is 9.90 Å². The zero-order valence-electron chi connectivity index (χ0n) is 7.48. The van der Waals surface area contributed by atoms with E-state index in [-0.39, 0.29) is 16.9 Å². The maximum Gasteiger partial charge on any atom is 0.359 e. The Kier molecular flexibility index (Phi) is 2.41. The number of carbonyl (C=O) groups is 1. The summed E-state index contributed by atoms with van der Waals surface area (Å²) < 4.78 is 1.53. The van der Waals surface area contributed by atoms with Gasteiger partial charge in [-0.15, -0.1) is 5.10 Å². The van der Waals surface area contributed by atoms with E-state index in [4.69, 9.17) is 16.7 Å². The van der Waals surface area contributed by atoms with E-state index >= 15 is 0 Å². The van der Waals surface area contributed by atoms with E-state index in [2.05, 4.69) is 10.3 Å². The zero-order valence-corrected chi connectivity index (χ0v) is 8.24. The first-order valence-corrected chi connectivity index (χ1v) is 4.92. The topological polar surface area (TPSA) is 68.0 Å². The van der Waals surface area contributed by atoms with Crippen LogP contribution in [0, 0.1) is 0 Å². The molecule has 1 heterocycles. The molecule has 1 fully saturated rings. The summed E-state index contributed by atoms with van der Waals surface area (Å²) in [6, 6.07) is 0.225. The first-order valence-electron chi connectivity index (χ1n) is 4.54. The normalized spacial score (nSPS) is 17.5. The lowest BCUT2D eigenvalue weighted by Crippen LogP contribution is -2.07. The molecule has 5 nitrogen and oxygen atoms in total. The number of halogens is 1. The molecular weight excluding hydrogens is 206 g/mol. The van der Waals surface area contributed by atoms with Crippen molar-refractivity contribution in [2.45, 2.75) is 31.7 Å². The van der Waals surface area contributed by atoms with Crippen LogP contribution in [0.2, 0.25) is 5.15 Å². The molecule has 1 aromatic rings. The van der Waals surface area contributed by atoms with Crippen LogP contribution in [0.4, 0.5) is 0 Å². The fourth-order valence-electron chi connectivity index (χ4n) is 1.80. The molecule has 14 heavy (non-hydrogen) atoms. The summed E-state index contributed by atoms with van der Waals surface area (Å²) in [7, 11) is 0. The number of carboxylic acid groups (broad SMARTS) is 1. The predicted molar refractivity (Wildman–Crippen MR) is 49.5 cm³/mol. The van der Waals surface area contributed by atoms with E-state index in [1.165, 1.54) is 4.68 Å². The zero-order chi connectivity index (χ0) is 10.1. The molecule has 0 saturated heterocycles. The van der Waals surface area contributed by atoms with Crippen molar-refractivity contribution in [3.05, 3.63) is 10.8 Å². The molecule has 76 valence electrons.